The molecule has 1 aliphatic rings. The van der Waals surface area contributed by atoms with Crippen molar-refractivity contribution in [3.05, 3.63) is 0 Å². The third kappa shape index (κ3) is 3.42. The highest BCUT2D eigenvalue weighted by molar-refractivity contribution is 4.93. The Balaban J connectivity index is 2.59. The standard InChI is InChI=1S/C12H27N3O/c1-14-7-4-5-12(11-13,6-8-14)15(2)9-10-16-3/h4-11,13H2,1-3H3. The fraction of sp³-hybridized carbons (Fsp3) is 1.00. The molecule has 2 N–H and O–H groups in total. The molecule has 1 aliphatic heterocycles. The predicted octanol–water partition coefficient (Wildman–Crippen LogP) is 0.378. The smallest absolute Gasteiger partial charge is 0.0589 e. The Morgan fingerprint density at radius 3 is 2.75 bits per heavy atom. The number of nitrogens with zero attached hydrogens (tertiary/aromatic N) is 2. The van der Waals surface area contributed by atoms with Gasteiger partial charge in [0, 0.05) is 25.7 Å². The monoisotopic (exact) mass is 229 g/mol. The van der Waals surface area contributed by atoms with E-state index >= 15 is 0 Å². The molecule has 1 heterocycles. The van der Waals surface area contributed by atoms with E-state index in [-0.39, 0.29) is 5.54 Å². The minimum absolute atomic E-state index is 0.184. The number of likely N-dealkylation sites (tertiary alicyclic amines) is 1. The first-order valence-electron chi connectivity index (χ1n) is 6.23. The van der Waals surface area contributed by atoms with Gasteiger partial charge in [0.2, 0.25) is 0 Å². The van der Waals surface area contributed by atoms with Crippen LogP contribution in [-0.4, -0.2) is 69.3 Å². The molecular weight excluding hydrogens is 202 g/mol. The van der Waals surface area contributed by atoms with Crippen molar-refractivity contribution >= 4 is 0 Å². The lowest BCUT2D eigenvalue weighted by molar-refractivity contribution is 0.0722. The fourth-order valence-corrected chi connectivity index (χ4v) is 2.52. The maximum absolute atomic E-state index is 6.02. The number of hydrogen-bond acceptors (Lipinski definition) is 4. The van der Waals surface area contributed by atoms with Crippen molar-refractivity contribution < 1.29 is 4.74 Å². The van der Waals surface area contributed by atoms with Crippen molar-refractivity contribution in [2.24, 2.45) is 5.73 Å². The average Bonchev–Trinajstić information content (AvgIpc) is 2.49. The van der Waals surface area contributed by atoms with E-state index in [0.717, 1.165) is 26.2 Å². The van der Waals surface area contributed by atoms with Gasteiger partial charge in [0.05, 0.1) is 6.61 Å². The molecule has 4 heteroatoms. The molecule has 0 aromatic carbocycles. The minimum atomic E-state index is 0.184. The van der Waals surface area contributed by atoms with E-state index in [9.17, 15) is 0 Å². The molecule has 96 valence electrons. The van der Waals surface area contributed by atoms with Crippen molar-refractivity contribution in [1.29, 1.82) is 0 Å². The SMILES string of the molecule is COCCN(C)C1(CN)CCCN(C)CC1. The van der Waals surface area contributed by atoms with Gasteiger partial charge in [0.15, 0.2) is 0 Å². The summed E-state index contributed by atoms with van der Waals surface area (Å²) < 4.78 is 5.15. The van der Waals surface area contributed by atoms with E-state index in [1.807, 2.05) is 0 Å². The van der Waals surface area contributed by atoms with Crippen LogP contribution < -0.4 is 5.73 Å². The molecule has 1 fully saturated rings. The Kier molecular flexibility index (Phi) is 5.69. The van der Waals surface area contributed by atoms with Gasteiger partial charge in [-0.1, -0.05) is 0 Å². The number of ether oxygens (including phenoxy) is 1. The van der Waals surface area contributed by atoms with Gasteiger partial charge in [-0.25, -0.2) is 0 Å². The van der Waals surface area contributed by atoms with Gasteiger partial charge in [-0.2, -0.15) is 0 Å². The van der Waals surface area contributed by atoms with Crippen LogP contribution in [0.15, 0.2) is 0 Å². The van der Waals surface area contributed by atoms with Gasteiger partial charge in [0.1, 0.15) is 0 Å². The zero-order valence-corrected chi connectivity index (χ0v) is 11.0. The molecule has 0 saturated carbocycles. The van der Waals surface area contributed by atoms with Crippen molar-refractivity contribution in [2.45, 2.75) is 24.8 Å². The Morgan fingerprint density at radius 1 is 1.38 bits per heavy atom. The van der Waals surface area contributed by atoms with Crippen LogP contribution in [0.3, 0.4) is 0 Å². The number of rotatable bonds is 5. The summed E-state index contributed by atoms with van der Waals surface area (Å²) in [7, 11) is 6.13. The van der Waals surface area contributed by atoms with Crippen LogP contribution in [0.25, 0.3) is 0 Å². The number of methoxy groups -OCH3 is 1. The summed E-state index contributed by atoms with van der Waals surface area (Å²) in [4.78, 5) is 4.80. The largest absolute Gasteiger partial charge is 0.383 e. The Bertz CT molecular complexity index is 201. The van der Waals surface area contributed by atoms with E-state index in [4.69, 9.17) is 10.5 Å². The molecule has 0 aromatic rings. The van der Waals surface area contributed by atoms with Gasteiger partial charge in [-0.15, -0.1) is 0 Å². The summed E-state index contributed by atoms with van der Waals surface area (Å²) >= 11 is 0. The molecule has 0 amide bonds. The summed E-state index contributed by atoms with van der Waals surface area (Å²) in [6.07, 6.45) is 3.61. The van der Waals surface area contributed by atoms with E-state index < -0.39 is 0 Å². The van der Waals surface area contributed by atoms with Gasteiger partial charge in [-0.05, 0) is 46.4 Å². The molecule has 0 radical (unpaired) electrons. The van der Waals surface area contributed by atoms with Crippen LogP contribution in [-0.2, 0) is 4.74 Å². The van der Waals surface area contributed by atoms with Gasteiger partial charge < -0.3 is 15.4 Å². The molecular formula is C12H27N3O. The molecule has 1 saturated heterocycles. The van der Waals surface area contributed by atoms with Crippen molar-refractivity contribution in [1.82, 2.24) is 9.80 Å². The van der Waals surface area contributed by atoms with Crippen LogP contribution >= 0.6 is 0 Å². The molecule has 0 aromatic heterocycles. The quantitative estimate of drug-likeness (QED) is 0.740. The maximum Gasteiger partial charge on any atom is 0.0589 e. The lowest BCUT2D eigenvalue weighted by atomic mass is 9.89. The first-order chi connectivity index (χ1) is 7.64. The molecule has 0 aliphatic carbocycles. The van der Waals surface area contributed by atoms with Gasteiger partial charge in [0.25, 0.3) is 0 Å². The Labute approximate surface area is 99.7 Å². The third-order valence-corrected chi connectivity index (χ3v) is 3.96. The van der Waals surface area contributed by atoms with E-state index in [2.05, 4.69) is 23.9 Å². The predicted molar refractivity (Wildman–Crippen MR) is 67.6 cm³/mol. The van der Waals surface area contributed by atoms with E-state index in [1.54, 1.807) is 7.11 Å². The molecule has 1 atom stereocenters. The van der Waals surface area contributed by atoms with Crippen molar-refractivity contribution in [3.8, 4) is 0 Å². The maximum atomic E-state index is 6.02. The summed E-state index contributed by atoms with van der Waals surface area (Å²) in [5.41, 5.74) is 6.21. The second kappa shape index (κ2) is 6.55. The summed E-state index contributed by atoms with van der Waals surface area (Å²) in [6, 6.07) is 0. The minimum Gasteiger partial charge on any atom is -0.383 e. The molecule has 0 bridgehead atoms. The second-order valence-electron chi connectivity index (χ2n) is 5.00. The molecule has 0 spiro atoms. The normalized spacial score (nSPS) is 28.3. The number of nitrogens with two attached hydrogens (primary N) is 1. The Morgan fingerprint density at radius 2 is 2.12 bits per heavy atom. The van der Waals surface area contributed by atoms with E-state index in [0.29, 0.717) is 0 Å². The second-order valence-corrected chi connectivity index (χ2v) is 5.00. The molecule has 1 rings (SSSR count). The molecule has 1 unspecified atom stereocenters. The summed E-state index contributed by atoms with van der Waals surface area (Å²) in [6.45, 7) is 4.85. The highest BCUT2D eigenvalue weighted by atomic mass is 16.5. The summed E-state index contributed by atoms with van der Waals surface area (Å²) in [5.74, 6) is 0. The fourth-order valence-electron chi connectivity index (χ4n) is 2.52. The van der Waals surface area contributed by atoms with Crippen LogP contribution in [0.2, 0.25) is 0 Å². The zero-order valence-electron chi connectivity index (χ0n) is 11.0. The van der Waals surface area contributed by atoms with Crippen molar-refractivity contribution in [3.63, 3.8) is 0 Å². The lowest BCUT2D eigenvalue weighted by Crippen LogP contribution is -2.53. The summed E-state index contributed by atoms with van der Waals surface area (Å²) in [5, 5.41) is 0. The van der Waals surface area contributed by atoms with Crippen LogP contribution in [0, 0.1) is 0 Å². The molecule has 16 heavy (non-hydrogen) atoms. The third-order valence-electron chi connectivity index (χ3n) is 3.96. The number of likely N-dealkylation sites (N-methyl/N-ethyl adjacent to an activating group) is 1. The van der Waals surface area contributed by atoms with Gasteiger partial charge >= 0.3 is 0 Å². The van der Waals surface area contributed by atoms with Crippen LogP contribution in [0.4, 0.5) is 0 Å². The lowest BCUT2D eigenvalue weighted by Gasteiger charge is -2.40. The Hall–Kier alpha value is -0.160. The first-order valence-corrected chi connectivity index (χ1v) is 6.23. The van der Waals surface area contributed by atoms with Crippen LogP contribution in [0.5, 0.6) is 0 Å². The topological polar surface area (TPSA) is 41.7 Å². The highest BCUT2D eigenvalue weighted by Crippen LogP contribution is 2.26. The van der Waals surface area contributed by atoms with Crippen LogP contribution in [0.1, 0.15) is 19.3 Å². The zero-order chi connectivity index (χ0) is 12.0. The van der Waals surface area contributed by atoms with Gasteiger partial charge in [-0.3, -0.25) is 4.90 Å². The molecule has 4 nitrogen and oxygen atoms in total. The van der Waals surface area contributed by atoms with Crippen molar-refractivity contribution in [2.75, 3.05) is 54.0 Å². The van der Waals surface area contributed by atoms with E-state index in [1.165, 1.54) is 25.8 Å². The average molecular weight is 229 g/mol. The number of hydrogen-bond donors (Lipinski definition) is 1. The first kappa shape index (κ1) is 13.9. The highest BCUT2D eigenvalue weighted by Gasteiger charge is 2.34.